The molecule has 1 rings (SSSR count). The van der Waals surface area contributed by atoms with E-state index in [0.717, 1.165) is 17.0 Å². The van der Waals surface area contributed by atoms with Crippen LogP contribution in [0.4, 0.5) is 0 Å². The van der Waals surface area contributed by atoms with Gasteiger partial charge in [0.1, 0.15) is 0 Å². The zero-order valence-corrected chi connectivity index (χ0v) is 9.91. The van der Waals surface area contributed by atoms with Gasteiger partial charge in [-0.2, -0.15) is 0 Å². The van der Waals surface area contributed by atoms with Gasteiger partial charge in [0.05, 0.1) is 6.10 Å². The first kappa shape index (κ1) is 12.3. The van der Waals surface area contributed by atoms with Crippen molar-refractivity contribution in [2.75, 3.05) is 0 Å². The van der Waals surface area contributed by atoms with Crippen LogP contribution >= 0.6 is 11.6 Å². The molecule has 0 saturated heterocycles. The standard InChI is InChI=1S/C13H17ClO/c1-10(11(2)15)4-3-5-12-6-8-13(14)9-7-12/h3,5-11,15H,4H2,1-2H3/b5-3+/t10-,11+/m1/s1. The molecule has 0 aromatic heterocycles. The van der Waals surface area contributed by atoms with Gasteiger partial charge < -0.3 is 5.11 Å². The van der Waals surface area contributed by atoms with Crippen molar-refractivity contribution in [3.05, 3.63) is 40.9 Å². The maximum Gasteiger partial charge on any atom is 0.0540 e. The number of benzene rings is 1. The van der Waals surface area contributed by atoms with Gasteiger partial charge in [0.25, 0.3) is 0 Å². The van der Waals surface area contributed by atoms with E-state index < -0.39 is 0 Å². The largest absolute Gasteiger partial charge is 0.393 e. The molecule has 1 nitrogen and oxygen atoms in total. The van der Waals surface area contributed by atoms with Crippen molar-refractivity contribution in [1.82, 2.24) is 0 Å². The number of rotatable bonds is 4. The van der Waals surface area contributed by atoms with Gasteiger partial charge in [-0.1, -0.05) is 42.8 Å². The Kier molecular flexibility index (Phi) is 4.86. The molecule has 1 aromatic rings. The molecule has 0 fully saturated rings. The molecule has 82 valence electrons. The number of aliphatic hydroxyl groups excluding tert-OH is 1. The Bertz CT molecular complexity index is 314. The summed E-state index contributed by atoms with van der Waals surface area (Å²) >= 11 is 5.78. The van der Waals surface area contributed by atoms with Crippen LogP contribution in [0.15, 0.2) is 30.3 Å². The fourth-order valence-corrected chi connectivity index (χ4v) is 1.32. The maximum atomic E-state index is 9.30. The molecule has 2 atom stereocenters. The van der Waals surface area contributed by atoms with Crippen molar-refractivity contribution in [2.24, 2.45) is 5.92 Å². The van der Waals surface area contributed by atoms with Crippen LogP contribution in [-0.2, 0) is 0 Å². The SMILES string of the molecule is C[C@H](O)[C@H](C)C/C=C/c1ccc(Cl)cc1. The van der Waals surface area contributed by atoms with Crippen LogP contribution in [0.2, 0.25) is 5.02 Å². The zero-order valence-electron chi connectivity index (χ0n) is 9.15. The van der Waals surface area contributed by atoms with Crippen LogP contribution in [0, 0.1) is 5.92 Å². The third kappa shape index (κ3) is 4.50. The Hall–Kier alpha value is -0.790. The second kappa shape index (κ2) is 5.94. The fourth-order valence-electron chi connectivity index (χ4n) is 1.19. The average molecular weight is 225 g/mol. The molecule has 1 N–H and O–H groups in total. The molecule has 0 saturated carbocycles. The lowest BCUT2D eigenvalue weighted by Crippen LogP contribution is -2.11. The van der Waals surface area contributed by atoms with Gasteiger partial charge in [-0.25, -0.2) is 0 Å². The zero-order chi connectivity index (χ0) is 11.3. The molecule has 0 aliphatic heterocycles. The highest BCUT2D eigenvalue weighted by Crippen LogP contribution is 2.13. The summed E-state index contributed by atoms with van der Waals surface area (Å²) in [6.07, 6.45) is 4.77. The molecular weight excluding hydrogens is 208 g/mol. The van der Waals surface area contributed by atoms with E-state index in [1.807, 2.05) is 38.1 Å². The number of aliphatic hydroxyl groups is 1. The van der Waals surface area contributed by atoms with Gasteiger partial charge in [0, 0.05) is 5.02 Å². The predicted molar refractivity (Wildman–Crippen MR) is 65.9 cm³/mol. The first-order valence-electron chi connectivity index (χ1n) is 5.20. The van der Waals surface area contributed by atoms with Gasteiger partial charge in [0.2, 0.25) is 0 Å². The van der Waals surface area contributed by atoms with Crippen molar-refractivity contribution in [2.45, 2.75) is 26.4 Å². The summed E-state index contributed by atoms with van der Waals surface area (Å²) < 4.78 is 0. The Morgan fingerprint density at radius 3 is 2.40 bits per heavy atom. The second-order valence-electron chi connectivity index (χ2n) is 3.91. The summed E-state index contributed by atoms with van der Waals surface area (Å²) in [6, 6.07) is 7.70. The highest BCUT2D eigenvalue weighted by molar-refractivity contribution is 6.30. The molecule has 0 unspecified atom stereocenters. The average Bonchev–Trinajstić information content (AvgIpc) is 2.20. The molecule has 0 bridgehead atoms. The van der Waals surface area contributed by atoms with E-state index in [-0.39, 0.29) is 6.10 Å². The lowest BCUT2D eigenvalue weighted by atomic mass is 10.0. The van der Waals surface area contributed by atoms with E-state index in [2.05, 4.69) is 12.2 Å². The molecule has 2 heteroatoms. The predicted octanol–water partition coefficient (Wildman–Crippen LogP) is 3.76. The molecule has 0 aliphatic carbocycles. The minimum absolute atomic E-state index is 0.250. The molecule has 0 spiro atoms. The third-order valence-electron chi connectivity index (χ3n) is 2.51. The molecule has 0 amide bonds. The minimum Gasteiger partial charge on any atom is -0.393 e. The summed E-state index contributed by atoms with van der Waals surface area (Å²) in [5.74, 6) is 0.300. The molecule has 0 radical (unpaired) electrons. The topological polar surface area (TPSA) is 20.2 Å². The smallest absolute Gasteiger partial charge is 0.0540 e. The van der Waals surface area contributed by atoms with Crippen LogP contribution in [0.5, 0.6) is 0 Å². The summed E-state index contributed by atoms with van der Waals surface area (Å²) in [5.41, 5.74) is 1.14. The van der Waals surface area contributed by atoms with Crippen molar-refractivity contribution in [1.29, 1.82) is 0 Å². The Morgan fingerprint density at radius 2 is 1.87 bits per heavy atom. The van der Waals surface area contributed by atoms with Crippen LogP contribution in [0.1, 0.15) is 25.8 Å². The molecule has 1 aromatic carbocycles. The van der Waals surface area contributed by atoms with Gasteiger partial charge in [-0.05, 0) is 37.0 Å². The normalized spacial score (nSPS) is 15.5. The summed E-state index contributed by atoms with van der Waals surface area (Å²) in [7, 11) is 0. The van der Waals surface area contributed by atoms with E-state index in [0.29, 0.717) is 5.92 Å². The van der Waals surface area contributed by atoms with Gasteiger partial charge in [0.15, 0.2) is 0 Å². The van der Waals surface area contributed by atoms with Crippen LogP contribution in [-0.4, -0.2) is 11.2 Å². The van der Waals surface area contributed by atoms with Crippen molar-refractivity contribution in [3.8, 4) is 0 Å². The second-order valence-corrected chi connectivity index (χ2v) is 4.34. The fraction of sp³-hybridized carbons (Fsp3) is 0.385. The maximum absolute atomic E-state index is 9.30. The lowest BCUT2D eigenvalue weighted by Gasteiger charge is -2.10. The first-order chi connectivity index (χ1) is 7.09. The van der Waals surface area contributed by atoms with E-state index in [9.17, 15) is 5.11 Å². The number of halogens is 1. The Labute approximate surface area is 96.4 Å². The Morgan fingerprint density at radius 1 is 1.27 bits per heavy atom. The van der Waals surface area contributed by atoms with Crippen LogP contribution in [0.3, 0.4) is 0 Å². The quantitative estimate of drug-likeness (QED) is 0.826. The molecule has 0 aliphatic rings. The molecule has 0 heterocycles. The van der Waals surface area contributed by atoms with Crippen LogP contribution < -0.4 is 0 Å². The number of hydrogen-bond donors (Lipinski definition) is 1. The highest BCUT2D eigenvalue weighted by Gasteiger charge is 2.05. The number of hydrogen-bond acceptors (Lipinski definition) is 1. The van der Waals surface area contributed by atoms with E-state index >= 15 is 0 Å². The van der Waals surface area contributed by atoms with E-state index in [1.54, 1.807) is 0 Å². The Balaban J connectivity index is 2.48. The monoisotopic (exact) mass is 224 g/mol. The van der Waals surface area contributed by atoms with Crippen molar-refractivity contribution < 1.29 is 5.11 Å². The number of allylic oxidation sites excluding steroid dienone is 1. The highest BCUT2D eigenvalue weighted by atomic mass is 35.5. The van der Waals surface area contributed by atoms with Gasteiger partial charge in [-0.15, -0.1) is 0 Å². The molecular formula is C13H17ClO. The van der Waals surface area contributed by atoms with Crippen LogP contribution in [0.25, 0.3) is 6.08 Å². The summed E-state index contributed by atoms with van der Waals surface area (Å²) in [4.78, 5) is 0. The van der Waals surface area contributed by atoms with E-state index in [1.165, 1.54) is 0 Å². The van der Waals surface area contributed by atoms with Crippen molar-refractivity contribution >= 4 is 17.7 Å². The van der Waals surface area contributed by atoms with E-state index in [4.69, 9.17) is 11.6 Å². The third-order valence-corrected chi connectivity index (χ3v) is 2.76. The van der Waals surface area contributed by atoms with Crippen molar-refractivity contribution in [3.63, 3.8) is 0 Å². The summed E-state index contributed by atoms with van der Waals surface area (Å²) in [6.45, 7) is 3.86. The molecule has 15 heavy (non-hydrogen) atoms. The van der Waals surface area contributed by atoms with Gasteiger partial charge in [-0.3, -0.25) is 0 Å². The lowest BCUT2D eigenvalue weighted by molar-refractivity contribution is 0.136. The van der Waals surface area contributed by atoms with Gasteiger partial charge >= 0.3 is 0 Å². The first-order valence-corrected chi connectivity index (χ1v) is 5.57. The minimum atomic E-state index is -0.250. The summed E-state index contributed by atoms with van der Waals surface area (Å²) in [5, 5.41) is 10.1.